The van der Waals surface area contributed by atoms with Crippen molar-refractivity contribution in [3.63, 3.8) is 0 Å². The Morgan fingerprint density at radius 2 is 1.97 bits per heavy atom. The highest BCUT2D eigenvalue weighted by Crippen LogP contribution is 2.20. The molecule has 0 radical (unpaired) electrons. The molecule has 0 atom stereocenters. The Labute approximate surface area is 165 Å². The maximum atomic E-state index is 12.3. The third-order valence-corrected chi connectivity index (χ3v) is 4.44. The molecule has 4 aromatic rings. The van der Waals surface area contributed by atoms with Crippen molar-refractivity contribution in [1.82, 2.24) is 15.1 Å². The Morgan fingerprint density at radius 3 is 2.72 bits per heavy atom. The van der Waals surface area contributed by atoms with Gasteiger partial charge in [0.2, 0.25) is 17.6 Å². The molecule has 0 aliphatic heterocycles. The lowest BCUT2D eigenvalue weighted by Crippen LogP contribution is -2.15. The molecule has 2 aromatic carbocycles. The number of ether oxygens (including phenoxy) is 1. The van der Waals surface area contributed by atoms with E-state index in [-0.39, 0.29) is 23.8 Å². The molecule has 0 aliphatic rings. The maximum Gasteiger partial charge on any atom is 0.251 e. The molecular formula is C21H18N4O4. The van der Waals surface area contributed by atoms with Gasteiger partial charge < -0.3 is 19.6 Å². The van der Waals surface area contributed by atoms with Crippen LogP contribution in [0.25, 0.3) is 22.3 Å². The smallest absolute Gasteiger partial charge is 0.251 e. The summed E-state index contributed by atoms with van der Waals surface area (Å²) in [6.07, 6.45) is -0.0639. The Hall–Kier alpha value is -3.94. The molecule has 8 nitrogen and oxygen atoms in total. The van der Waals surface area contributed by atoms with Gasteiger partial charge in [-0.05, 0) is 54.8 Å². The van der Waals surface area contributed by atoms with E-state index in [9.17, 15) is 9.59 Å². The minimum atomic E-state index is -0.302. The summed E-state index contributed by atoms with van der Waals surface area (Å²) in [7, 11) is 1.59. The second-order valence-electron chi connectivity index (χ2n) is 6.55. The Bertz CT molecular complexity index is 1240. The molecule has 0 spiro atoms. The molecule has 4 rings (SSSR count). The van der Waals surface area contributed by atoms with E-state index in [1.54, 1.807) is 44.4 Å². The molecule has 0 unspecified atom stereocenters. The number of anilines is 1. The van der Waals surface area contributed by atoms with Gasteiger partial charge >= 0.3 is 0 Å². The first-order valence-electron chi connectivity index (χ1n) is 8.92. The van der Waals surface area contributed by atoms with Crippen LogP contribution in [0, 0.1) is 6.92 Å². The van der Waals surface area contributed by atoms with E-state index in [1.807, 2.05) is 18.2 Å². The molecule has 2 N–H and O–H groups in total. The number of methoxy groups -OCH3 is 1. The molecule has 0 aliphatic carbocycles. The zero-order valence-electron chi connectivity index (χ0n) is 15.9. The number of rotatable bonds is 5. The van der Waals surface area contributed by atoms with Crippen LogP contribution in [-0.4, -0.2) is 28.1 Å². The first-order valence-corrected chi connectivity index (χ1v) is 8.92. The third-order valence-electron chi connectivity index (χ3n) is 4.44. The molecule has 8 heteroatoms. The number of carbonyl (C=O) groups excluding carboxylic acids is 1. The lowest BCUT2D eigenvalue weighted by Gasteiger charge is -2.06. The average Bonchev–Trinajstić information content (AvgIpc) is 3.17. The van der Waals surface area contributed by atoms with Crippen LogP contribution in [0.3, 0.4) is 0 Å². The van der Waals surface area contributed by atoms with Gasteiger partial charge in [0.25, 0.3) is 5.56 Å². The van der Waals surface area contributed by atoms with Gasteiger partial charge in [-0.1, -0.05) is 11.2 Å². The SMILES string of the molecule is COc1ccc(-c2noc(CC(=O)Nc3ccc4cc(C)c(=O)[nH]c4c3)n2)cc1. The predicted molar refractivity (Wildman–Crippen MR) is 108 cm³/mol. The van der Waals surface area contributed by atoms with Crippen molar-refractivity contribution in [2.45, 2.75) is 13.3 Å². The van der Waals surface area contributed by atoms with Crippen LogP contribution in [-0.2, 0) is 11.2 Å². The molecule has 29 heavy (non-hydrogen) atoms. The molecule has 0 saturated heterocycles. The number of pyridine rings is 1. The summed E-state index contributed by atoms with van der Waals surface area (Å²) in [6.45, 7) is 1.75. The van der Waals surface area contributed by atoms with Crippen LogP contribution in [0.5, 0.6) is 5.75 Å². The minimum absolute atomic E-state index is 0.0639. The summed E-state index contributed by atoms with van der Waals surface area (Å²) in [5, 5.41) is 7.58. The van der Waals surface area contributed by atoms with Gasteiger partial charge in [-0.25, -0.2) is 0 Å². The summed E-state index contributed by atoms with van der Waals surface area (Å²) in [6, 6.07) is 14.3. The second kappa shape index (κ2) is 7.59. The number of amides is 1. The molecule has 0 fully saturated rings. The van der Waals surface area contributed by atoms with E-state index >= 15 is 0 Å². The van der Waals surface area contributed by atoms with Crippen molar-refractivity contribution >= 4 is 22.5 Å². The minimum Gasteiger partial charge on any atom is -0.497 e. The molecule has 2 aromatic heterocycles. The summed E-state index contributed by atoms with van der Waals surface area (Å²) >= 11 is 0. The summed E-state index contributed by atoms with van der Waals surface area (Å²) in [5.41, 5.74) is 2.46. The first-order chi connectivity index (χ1) is 14.0. The van der Waals surface area contributed by atoms with E-state index in [0.717, 1.165) is 16.7 Å². The van der Waals surface area contributed by atoms with Gasteiger partial charge in [-0.2, -0.15) is 4.98 Å². The zero-order chi connectivity index (χ0) is 20.4. The van der Waals surface area contributed by atoms with Crippen LogP contribution in [0.1, 0.15) is 11.5 Å². The number of carbonyl (C=O) groups is 1. The zero-order valence-corrected chi connectivity index (χ0v) is 15.9. The number of H-pyrrole nitrogens is 1. The number of nitrogens with one attached hydrogen (secondary N) is 2. The normalized spacial score (nSPS) is 10.8. The predicted octanol–water partition coefficient (Wildman–Crippen LogP) is 3.08. The summed E-state index contributed by atoms with van der Waals surface area (Å²) in [4.78, 5) is 31.2. The summed E-state index contributed by atoms with van der Waals surface area (Å²) in [5.74, 6) is 1.03. The van der Waals surface area contributed by atoms with E-state index < -0.39 is 0 Å². The van der Waals surface area contributed by atoms with Crippen LogP contribution >= 0.6 is 0 Å². The van der Waals surface area contributed by atoms with Gasteiger partial charge in [-0.15, -0.1) is 0 Å². The number of nitrogens with zero attached hydrogens (tertiary/aromatic N) is 2. The van der Waals surface area contributed by atoms with E-state index in [2.05, 4.69) is 20.4 Å². The number of aryl methyl sites for hydroxylation is 1. The Balaban J connectivity index is 1.46. The highest BCUT2D eigenvalue weighted by molar-refractivity contribution is 5.94. The molecule has 0 bridgehead atoms. The lowest BCUT2D eigenvalue weighted by atomic mass is 10.1. The van der Waals surface area contributed by atoms with Gasteiger partial charge in [0, 0.05) is 16.8 Å². The van der Waals surface area contributed by atoms with E-state index in [1.165, 1.54) is 0 Å². The van der Waals surface area contributed by atoms with Gasteiger partial charge in [0.1, 0.15) is 12.2 Å². The van der Waals surface area contributed by atoms with Crippen LogP contribution < -0.4 is 15.6 Å². The number of hydrogen-bond donors (Lipinski definition) is 2. The summed E-state index contributed by atoms with van der Waals surface area (Å²) < 4.78 is 10.3. The number of fused-ring (bicyclic) bond motifs is 1. The van der Waals surface area contributed by atoms with Gasteiger partial charge in [0.05, 0.1) is 12.6 Å². The Morgan fingerprint density at radius 1 is 1.17 bits per heavy atom. The maximum absolute atomic E-state index is 12.3. The highest BCUT2D eigenvalue weighted by atomic mass is 16.5. The lowest BCUT2D eigenvalue weighted by molar-refractivity contribution is -0.115. The van der Waals surface area contributed by atoms with Crippen molar-refractivity contribution in [2.24, 2.45) is 0 Å². The Kier molecular flexibility index (Phi) is 4.82. The largest absolute Gasteiger partial charge is 0.497 e. The van der Waals surface area contributed by atoms with Crippen molar-refractivity contribution < 1.29 is 14.1 Å². The topological polar surface area (TPSA) is 110 Å². The van der Waals surface area contributed by atoms with Crippen molar-refractivity contribution in [3.05, 3.63) is 70.3 Å². The van der Waals surface area contributed by atoms with E-state index in [0.29, 0.717) is 22.6 Å². The number of aromatic amines is 1. The van der Waals surface area contributed by atoms with Crippen molar-refractivity contribution in [1.29, 1.82) is 0 Å². The second-order valence-corrected chi connectivity index (χ2v) is 6.55. The van der Waals surface area contributed by atoms with E-state index in [4.69, 9.17) is 9.26 Å². The van der Waals surface area contributed by atoms with Gasteiger partial charge in [0.15, 0.2) is 0 Å². The highest BCUT2D eigenvalue weighted by Gasteiger charge is 2.13. The fraction of sp³-hybridized carbons (Fsp3) is 0.143. The molecular weight excluding hydrogens is 372 g/mol. The molecule has 1 amide bonds. The fourth-order valence-corrected chi connectivity index (χ4v) is 2.91. The monoisotopic (exact) mass is 390 g/mol. The fourth-order valence-electron chi connectivity index (χ4n) is 2.91. The molecule has 0 saturated carbocycles. The first kappa shape index (κ1) is 18.4. The number of aromatic nitrogens is 3. The molecule has 2 heterocycles. The third kappa shape index (κ3) is 4.01. The van der Waals surface area contributed by atoms with Gasteiger partial charge in [-0.3, -0.25) is 9.59 Å². The van der Waals surface area contributed by atoms with Crippen molar-refractivity contribution in [3.8, 4) is 17.1 Å². The van der Waals surface area contributed by atoms with Crippen LogP contribution in [0.4, 0.5) is 5.69 Å². The number of hydrogen-bond acceptors (Lipinski definition) is 6. The van der Waals surface area contributed by atoms with Crippen molar-refractivity contribution in [2.75, 3.05) is 12.4 Å². The standard InChI is InChI=1S/C21H18N4O4/c1-12-9-14-3-6-15(10-17(14)23-21(12)27)22-18(26)11-19-24-20(25-29-19)13-4-7-16(28-2)8-5-13/h3-10H,11H2,1-2H3,(H,22,26)(H,23,27). The van der Waals surface area contributed by atoms with Crippen LogP contribution in [0.2, 0.25) is 0 Å². The average molecular weight is 390 g/mol. The quantitative estimate of drug-likeness (QED) is 0.542. The number of benzene rings is 2. The molecule has 146 valence electrons. The van der Waals surface area contributed by atoms with Crippen LogP contribution in [0.15, 0.2) is 57.8 Å².